The molecule has 1 aromatic carbocycles. The maximum atomic E-state index is 16.0. The molecule has 0 bridgehead atoms. The van der Waals surface area contributed by atoms with E-state index in [1.807, 2.05) is 33.8 Å². The van der Waals surface area contributed by atoms with Gasteiger partial charge in [0.1, 0.15) is 23.1 Å². The Morgan fingerprint density at radius 2 is 1.64 bits per heavy atom. The Bertz CT molecular complexity index is 1320. The topological polar surface area (TPSA) is 59.9 Å². The van der Waals surface area contributed by atoms with Crippen molar-refractivity contribution in [2.45, 2.75) is 91.1 Å². The van der Waals surface area contributed by atoms with E-state index in [1.165, 1.54) is 32.0 Å². The summed E-state index contributed by atoms with van der Waals surface area (Å²) in [6.45, 7) is 18.4. The third kappa shape index (κ3) is 6.15. The molecule has 0 saturated heterocycles. The molecular formula is C29H42F3N4OPSi. The summed E-state index contributed by atoms with van der Waals surface area (Å²) in [7, 11) is -2.85. The number of fused-ring (bicyclic) bond motifs is 1. The largest absolute Gasteiger partial charge is 0.405 e. The summed E-state index contributed by atoms with van der Waals surface area (Å²) >= 11 is 0. The van der Waals surface area contributed by atoms with Gasteiger partial charge in [-0.1, -0.05) is 40.8 Å². The van der Waals surface area contributed by atoms with Gasteiger partial charge in [-0.25, -0.2) is 14.4 Å². The molecule has 1 atom stereocenters. The second-order valence-electron chi connectivity index (χ2n) is 11.0. The molecule has 2 aromatic heterocycles. The number of pyridine rings is 1. The lowest BCUT2D eigenvalue weighted by atomic mass is 9.91. The van der Waals surface area contributed by atoms with E-state index in [-0.39, 0.29) is 5.56 Å². The quantitative estimate of drug-likeness (QED) is 0.184. The lowest BCUT2D eigenvalue weighted by Gasteiger charge is -2.42. The summed E-state index contributed by atoms with van der Waals surface area (Å²) in [5, 5.41) is 4.06. The molecule has 0 aliphatic rings. The van der Waals surface area contributed by atoms with Crippen molar-refractivity contribution in [1.29, 1.82) is 0 Å². The van der Waals surface area contributed by atoms with Crippen LogP contribution in [0, 0.1) is 19.7 Å². The van der Waals surface area contributed by atoms with Crippen LogP contribution in [0.5, 0.6) is 0 Å². The first-order valence-corrected chi connectivity index (χ1v) is 18.4. The number of anilines is 1. The van der Waals surface area contributed by atoms with Crippen LogP contribution in [0.4, 0.5) is 19.0 Å². The van der Waals surface area contributed by atoms with E-state index in [0.717, 1.165) is 34.6 Å². The summed E-state index contributed by atoms with van der Waals surface area (Å²) in [5.74, 6) is -3.41. The molecule has 2 heterocycles. The summed E-state index contributed by atoms with van der Waals surface area (Å²) < 4.78 is 54.3. The molecular weight excluding hydrogens is 536 g/mol. The highest BCUT2D eigenvalue weighted by Crippen LogP contribution is 2.46. The maximum Gasteiger partial charge on any atom is 0.302 e. The van der Waals surface area contributed by atoms with Gasteiger partial charge in [0.2, 0.25) is 0 Å². The molecule has 39 heavy (non-hydrogen) atoms. The van der Waals surface area contributed by atoms with Gasteiger partial charge in [-0.3, -0.25) is 4.98 Å². The van der Waals surface area contributed by atoms with Crippen LogP contribution >= 0.6 is 7.92 Å². The van der Waals surface area contributed by atoms with Crippen molar-refractivity contribution in [2.24, 2.45) is 0 Å². The minimum absolute atomic E-state index is 0.136. The fraction of sp³-hybridized carbons (Fsp3) is 0.552. The van der Waals surface area contributed by atoms with Gasteiger partial charge in [-0.05, 0) is 78.2 Å². The monoisotopic (exact) mass is 578 g/mol. The van der Waals surface area contributed by atoms with E-state index in [0.29, 0.717) is 17.2 Å². The Morgan fingerprint density at radius 3 is 2.21 bits per heavy atom. The van der Waals surface area contributed by atoms with Gasteiger partial charge in [0.05, 0.1) is 28.3 Å². The number of rotatable bonds is 11. The van der Waals surface area contributed by atoms with Crippen molar-refractivity contribution < 1.29 is 17.6 Å². The first kappa shape index (κ1) is 31.4. The van der Waals surface area contributed by atoms with Crippen LogP contribution in [0.25, 0.3) is 10.9 Å². The minimum atomic E-state index is -3.54. The first-order chi connectivity index (χ1) is 18.1. The third-order valence-corrected chi connectivity index (χ3v) is 13.7. The molecule has 1 unspecified atom stereocenters. The summed E-state index contributed by atoms with van der Waals surface area (Å²) in [6.07, 6.45) is 0. The van der Waals surface area contributed by atoms with Gasteiger partial charge in [0.15, 0.2) is 8.32 Å². The molecule has 10 heteroatoms. The predicted molar refractivity (Wildman–Crippen MR) is 160 cm³/mol. The average molecular weight is 579 g/mol. The molecule has 0 fully saturated rings. The molecule has 5 nitrogen and oxygen atoms in total. The van der Waals surface area contributed by atoms with Gasteiger partial charge >= 0.3 is 5.92 Å². The Labute approximate surface area is 233 Å². The zero-order valence-corrected chi connectivity index (χ0v) is 26.7. The molecule has 3 aromatic rings. The molecule has 0 spiro atoms. The van der Waals surface area contributed by atoms with Gasteiger partial charge < -0.3 is 9.74 Å². The van der Waals surface area contributed by atoms with E-state index in [2.05, 4.69) is 28.6 Å². The maximum absolute atomic E-state index is 16.0. The third-order valence-electron chi connectivity index (χ3n) is 7.76. The Kier molecular flexibility index (Phi) is 9.51. The number of nitrogens with one attached hydrogen (secondary N) is 1. The number of hydrogen-bond donors (Lipinski definition) is 1. The van der Waals surface area contributed by atoms with Crippen LogP contribution in [0.3, 0.4) is 0 Å². The Morgan fingerprint density at radius 1 is 1.03 bits per heavy atom. The fourth-order valence-electron chi connectivity index (χ4n) is 5.02. The highest BCUT2D eigenvalue weighted by atomic mass is 31.1. The lowest BCUT2D eigenvalue weighted by molar-refractivity contribution is -0.161. The number of benzene rings is 1. The van der Waals surface area contributed by atoms with Crippen LogP contribution < -0.4 is 10.8 Å². The molecule has 3 rings (SSSR count). The Balaban J connectivity index is 2.04. The molecule has 0 aliphatic heterocycles. The molecule has 0 radical (unpaired) electrons. The number of halogens is 3. The van der Waals surface area contributed by atoms with Gasteiger partial charge in [0, 0.05) is 10.9 Å². The normalized spacial score (nSPS) is 13.8. The number of alkyl halides is 2. The highest BCUT2D eigenvalue weighted by Gasteiger charge is 2.54. The van der Waals surface area contributed by atoms with Crippen molar-refractivity contribution in [2.75, 3.05) is 18.6 Å². The molecule has 0 aliphatic carbocycles. The smallest absolute Gasteiger partial charge is 0.302 e. The number of aromatic nitrogens is 3. The van der Waals surface area contributed by atoms with Crippen LogP contribution in [0.2, 0.25) is 18.1 Å². The van der Waals surface area contributed by atoms with E-state index < -0.39 is 45.2 Å². The lowest BCUT2D eigenvalue weighted by Crippen LogP contribution is -2.52. The van der Waals surface area contributed by atoms with E-state index in [4.69, 9.17) is 9.41 Å². The fourth-order valence-corrected chi connectivity index (χ4v) is 8.91. The highest BCUT2D eigenvalue weighted by molar-refractivity contribution is 7.63. The van der Waals surface area contributed by atoms with Crippen molar-refractivity contribution in [1.82, 2.24) is 15.0 Å². The standard InChI is InChI=1S/C29H42F3N4OPSi/c1-11-39(12-2,13-3)37-28(7,8)29(31,32)23-16-14-15-21(25(23)30)18(4)34-27-22-17-24(38(9)10)33-19(5)26(22)35-20(6)36-27/h14-18H,11-13H2,1-10H3,(H,34,35,36). The number of nitrogens with zero attached hydrogens (tertiary/aromatic N) is 3. The van der Waals surface area contributed by atoms with E-state index in [9.17, 15) is 0 Å². The Hall–Kier alpha value is -2.09. The second-order valence-corrected chi connectivity index (χ2v) is 17.9. The zero-order valence-electron chi connectivity index (χ0n) is 24.8. The number of aryl methyl sites for hydroxylation is 2. The first-order valence-electron chi connectivity index (χ1n) is 13.6. The molecule has 214 valence electrons. The summed E-state index contributed by atoms with van der Waals surface area (Å²) in [6, 6.07) is 7.69. The molecule has 0 amide bonds. The molecule has 1 N–H and O–H groups in total. The van der Waals surface area contributed by atoms with Crippen molar-refractivity contribution in [3.8, 4) is 0 Å². The van der Waals surface area contributed by atoms with Gasteiger partial charge in [-0.2, -0.15) is 8.78 Å². The minimum Gasteiger partial charge on any atom is -0.405 e. The van der Waals surface area contributed by atoms with Crippen molar-refractivity contribution in [3.63, 3.8) is 0 Å². The average Bonchev–Trinajstić information content (AvgIpc) is 2.87. The van der Waals surface area contributed by atoms with Crippen LogP contribution in [0.15, 0.2) is 24.3 Å². The summed E-state index contributed by atoms with van der Waals surface area (Å²) in [5.41, 5.74) is 0.0830. The van der Waals surface area contributed by atoms with E-state index in [1.54, 1.807) is 13.8 Å². The van der Waals surface area contributed by atoms with Crippen LogP contribution in [0.1, 0.15) is 70.2 Å². The van der Waals surface area contributed by atoms with E-state index >= 15 is 13.2 Å². The second kappa shape index (κ2) is 11.8. The van der Waals surface area contributed by atoms with Crippen LogP contribution in [-0.2, 0) is 10.3 Å². The van der Waals surface area contributed by atoms with Crippen molar-refractivity contribution in [3.05, 3.63) is 52.7 Å². The number of hydrogen-bond acceptors (Lipinski definition) is 5. The van der Waals surface area contributed by atoms with Gasteiger partial charge in [0.25, 0.3) is 0 Å². The SMILES string of the molecule is CC[Si](CC)(CC)OC(C)(C)C(F)(F)c1cccc(C(C)Nc2nc(C)nc3c(C)nc(P(C)C)cc23)c1F. The predicted octanol–water partition coefficient (Wildman–Crippen LogP) is 8.21. The van der Waals surface area contributed by atoms with Crippen LogP contribution in [-0.4, -0.2) is 42.2 Å². The zero-order chi connectivity index (χ0) is 29.3. The van der Waals surface area contributed by atoms with Gasteiger partial charge in [-0.15, -0.1) is 0 Å². The van der Waals surface area contributed by atoms with Crippen molar-refractivity contribution >= 4 is 38.4 Å². The summed E-state index contributed by atoms with van der Waals surface area (Å²) in [4.78, 5) is 13.9. The molecule has 0 saturated carbocycles.